The van der Waals surface area contributed by atoms with Crippen molar-refractivity contribution in [2.45, 2.75) is 316 Å². The summed E-state index contributed by atoms with van der Waals surface area (Å²) in [4.78, 5) is 38.2. The molecule has 0 rings (SSSR count). The van der Waals surface area contributed by atoms with Crippen LogP contribution in [0.5, 0.6) is 0 Å². The third-order valence-electron chi connectivity index (χ3n) is 13.3. The van der Waals surface area contributed by atoms with Crippen molar-refractivity contribution in [2.24, 2.45) is 0 Å². The van der Waals surface area contributed by atoms with Crippen LogP contribution in [0.15, 0.2) is 60.8 Å². The number of ether oxygens (including phenoxy) is 3. The number of allylic oxidation sites excluding steroid dienone is 10. The fourth-order valence-electron chi connectivity index (χ4n) is 8.72. The maximum absolute atomic E-state index is 12.9. The van der Waals surface area contributed by atoms with E-state index >= 15 is 0 Å². The van der Waals surface area contributed by atoms with Gasteiger partial charge < -0.3 is 14.2 Å². The van der Waals surface area contributed by atoms with Crippen LogP contribution in [0.2, 0.25) is 0 Å². The predicted molar refractivity (Wildman–Crippen MR) is 302 cm³/mol. The van der Waals surface area contributed by atoms with E-state index < -0.39 is 6.10 Å². The van der Waals surface area contributed by atoms with Gasteiger partial charge >= 0.3 is 17.9 Å². The average Bonchev–Trinajstić information content (AvgIpc) is 3.36. The van der Waals surface area contributed by atoms with E-state index in [1.807, 2.05) is 0 Å². The fourth-order valence-corrected chi connectivity index (χ4v) is 8.72. The molecule has 406 valence electrons. The molecule has 0 aromatic heterocycles. The average molecular weight is 980 g/mol. The Hall–Kier alpha value is -2.89. The molecule has 1 atom stereocenters. The van der Waals surface area contributed by atoms with Gasteiger partial charge in [-0.1, -0.05) is 268 Å². The van der Waals surface area contributed by atoms with Crippen molar-refractivity contribution < 1.29 is 28.6 Å². The molecule has 6 nitrogen and oxygen atoms in total. The highest BCUT2D eigenvalue weighted by Gasteiger charge is 2.19. The van der Waals surface area contributed by atoms with Gasteiger partial charge in [-0.15, -0.1) is 0 Å². The van der Waals surface area contributed by atoms with Crippen molar-refractivity contribution in [1.82, 2.24) is 0 Å². The molecule has 0 aromatic rings. The van der Waals surface area contributed by atoms with Crippen LogP contribution in [-0.4, -0.2) is 37.2 Å². The van der Waals surface area contributed by atoms with Crippen LogP contribution >= 0.6 is 0 Å². The minimum atomic E-state index is -0.777. The second-order valence-electron chi connectivity index (χ2n) is 20.2. The van der Waals surface area contributed by atoms with E-state index in [1.54, 1.807) is 0 Å². The van der Waals surface area contributed by atoms with Gasteiger partial charge in [0.25, 0.3) is 0 Å². The monoisotopic (exact) mass is 979 g/mol. The molecule has 0 spiro atoms. The summed E-state index contributed by atoms with van der Waals surface area (Å²) in [5.41, 5.74) is 0. The van der Waals surface area contributed by atoms with E-state index in [4.69, 9.17) is 14.2 Å². The van der Waals surface area contributed by atoms with Gasteiger partial charge in [-0.2, -0.15) is 0 Å². The Morgan fingerprint density at radius 1 is 0.300 bits per heavy atom. The van der Waals surface area contributed by atoms with Crippen molar-refractivity contribution in [3.63, 3.8) is 0 Å². The van der Waals surface area contributed by atoms with Crippen molar-refractivity contribution >= 4 is 17.9 Å². The zero-order valence-corrected chi connectivity index (χ0v) is 46.5. The normalized spacial score (nSPS) is 12.4. The zero-order chi connectivity index (χ0) is 50.7. The minimum Gasteiger partial charge on any atom is -0.462 e. The third-order valence-corrected chi connectivity index (χ3v) is 13.3. The molecule has 0 aliphatic carbocycles. The predicted octanol–water partition coefficient (Wildman–Crippen LogP) is 20.4. The van der Waals surface area contributed by atoms with Crippen molar-refractivity contribution in [3.8, 4) is 0 Å². The summed E-state index contributed by atoms with van der Waals surface area (Å²) < 4.78 is 16.9. The molecule has 0 fully saturated rings. The molecule has 0 saturated heterocycles. The molecule has 70 heavy (non-hydrogen) atoms. The second kappa shape index (κ2) is 58.7. The Labute approximate surface area is 434 Å². The summed E-state index contributed by atoms with van der Waals surface area (Å²) >= 11 is 0. The summed E-state index contributed by atoms with van der Waals surface area (Å²) in [5.74, 6) is -0.870. The first kappa shape index (κ1) is 67.1. The Morgan fingerprint density at radius 2 is 0.557 bits per heavy atom. The van der Waals surface area contributed by atoms with Gasteiger partial charge in [0.15, 0.2) is 6.10 Å². The largest absolute Gasteiger partial charge is 0.462 e. The van der Waals surface area contributed by atoms with Crippen LogP contribution in [-0.2, 0) is 28.6 Å². The van der Waals surface area contributed by atoms with Gasteiger partial charge in [0.1, 0.15) is 13.2 Å². The van der Waals surface area contributed by atoms with Crippen LogP contribution < -0.4 is 0 Å². The highest BCUT2D eigenvalue weighted by molar-refractivity contribution is 5.71. The van der Waals surface area contributed by atoms with E-state index in [1.165, 1.54) is 180 Å². The topological polar surface area (TPSA) is 78.9 Å². The standard InChI is InChI=1S/C64H114O6/c1-4-7-10-13-16-19-22-25-27-29-31-32-34-35-37-39-42-45-48-51-54-57-63(66)69-60-61(59-68-62(65)56-53-50-47-44-41-24-21-18-15-12-9-6-3)70-64(67)58-55-52-49-46-43-40-38-36-33-30-28-26-23-20-17-14-11-8-5-2/h7,10,16,19,25-28,31-32,61H,4-6,8-9,11-15,17-18,20-24,29-30,33-60H2,1-3H3/b10-7-,19-16-,27-25-,28-26-,32-31-. The minimum absolute atomic E-state index is 0.0744. The molecule has 0 aromatic carbocycles. The molecule has 0 aliphatic heterocycles. The Bertz CT molecular complexity index is 1260. The van der Waals surface area contributed by atoms with Gasteiger partial charge in [-0.25, -0.2) is 0 Å². The highest BCUT2D eigenvalue weighted by atomic mass is 16.6. The summed E-state index contributed by atoms with van der Waals surface area (Å²) in [6.45, 7) is 6.55. The van der Waals surface area contributed by atoms with Crippen LogP contribution in [0.3, 0.4) is 0 Å². The van der Waals surface area contributed by atoms with E-state index in [0.29, 0.717) is 19.3 Å². The molecule has 0 saturated carbocycles. The molecule has 1 unspecified atom stereocenters. The molecule has 0 aliphatic rings. The lowest BCUT2D eigenvalue weighted by Gasteiger charge is -2.18. The van der Waals surface area contributed by atoms with Crippen LogP contribution in [0.1, 0.15) is 310 Å². The summed E-state index contributed by atoms with van der Waals surface area (Å²) in [7, 11) is 0. The van der Waals surface area contributed by atoms with Crippen LogP contribution in [0, 0.1) is 0 Å². The lowest BCUT2D eigenvalue weighted by molar-refractivity contribution is -0.167. The van der Waals surface area contributed by atoms with Crippen molar-refractivity contribution in [3.05, 3.63) is 60.8 Å². The van der Waals surface area contributed by atoms with E-state index in [9.17, 15) is 14.4 Å². The summed E-state index contributed by atoms with van der Waals surface area (Å²) in [5, 5.41) is 0. The maximum atomic E-state index is 12.9. The summed E-state index contributed by atoms with van der Waals surface area (Å²) in [6.07, 6.45) is 73.6. The number of carbonyl (C=O) groups excluding carboxylic acids is 3. The number of rotatable bonds is 55. The molecule has 0 heterocycles. The zero-order valence-electron chi connectivity index (χ0n) is 46.5. The van der Waals surface area contributed by atoms with Gasteiger partial charge in [0.05, 0.1) is 0 Å². The van der Waals surface area contributed by atoms with Gasteiger partial charge in [-0.05, 0) is 83.5 Å². The molecule has 6 heteroatoms. The molecule has 0 amide bonds. The van der Waals surface area contributed by atoms with Crippen LogP contribution in [0.4, 0.5) is 0 Å². The SMILES string of the molecule is CC/C=C\C/C=C\C/C=C\C/C=C\CCCCCCCCCCC(=O)OCC(COC(=O)CCCCCCCCCCCCCC)OC(=O)CCCCCCCCCCC/C=C\CCCCCCCC. The number of hydrogen-bond donors (Lipinski definition) is 0. The molecule has 0 N–H and O–H groups in total. The Kier molecular flexibility index (Phi) is 56.3. The first-order valence-corrected chi connectivity index (χ1v) is 30.3. The first-order chi connectivity index (χ1) is 34.5. The fraction of sp³-hybridized carbons (Fsp3) is 0.797. The molecule has 0 bridgehead atoms. The van der Waals surface area contributed by atoms with Gasteiger partial charge in [0.2, 0.25) is 0 Å². The quantitative estimate of drug-likeness (QED) is 0.0261. The van der Waals surface area contributed by atoms with Gasteiger partial charge in [0, 0.05) is 19.3 Å². The third kappa shape index (κ3) is 56.0. The van der Waals surface area contributed by atoms with Crippen molar-refractivity contribution in [1.29, 1.82) is 0 Å². The summed E-state index contributed by atoms with van der Waals surface area (Å²) in [6, 6.07) is 0. The number of hydrogen-bond acceptors (Lipinski definition) is 6. The smallest absolute Gasteiger partial charge is 0.306 e. The highest BCUT2D eigenvalue weighted by Crippen LogP contribution is 2.16. The van der Waals surface area contributed by atoms with Gasteiger partial charge in [-0.3, -0.25) is 14.4 Å². The molecular weight excluding hydrogens is 865 g/mol. The Balaban J connectivity index is 4.33. The van der Waals surface area contributed by atoms with Crippen LogP contribution in [0.25, 0.3) is 0 Å². The van der Waals surface area contributed by atoms with E-state index in [2.05, 4.69) is 81.5 Å². The second-order valence-corrected chi connectivity index (χ2v) is 20.2. The van der Waals surface area contributed by atoms with E-state index in [-0.39, 0.29) is 31.1 Å². The molecular formula is C64H114O6. The molecule has 0 radical (unpaired) electrons. The first-order valence-electron chi connectivity index (χ1n) is 30.3. The lowest BCUT2D eigenvalue weighted by Crippen LogP contribution is -2.30. The number of carbonyl (C=O) groups is 3. The van der Waals surface area contributed by atoms with E-state index in [0.717, 1.165) is 89.9 Å². The Morgan fingerprint density at radius 3 is 0.886 bits per heavy atom. The number of unbranched alkanes of at least 4 members (excludes halogenated alkanes) is 34. The lowest BCUT2D eigenvalue weighted by atomic mass is 10.0. The maximum Gasteiger partial charge on any atom is 0.306 e. The number of esters is 3. The van der Waals surface area contributed by atoms with Crippen molar-refractivity contribution in [2.75, 3.05) is 13.2 Å².